The number of hydrogen-bond acceptors (Lipinski definition) is 2. The Kier molecular flexibility index (Phi) is 4.81. The summed E-state index contributed by atoms with van der Waals surface area (Å²) in [4.78, 5) is 0. The fraction of sp³-hybridized carbons (Fsp3) is 1.00. The lowest BCUT2D eigenvalue weighted by atomic mass is 9.81. The van der Waals surface area contributed by atoms with Crippen molar-refractivity contribution in [3.8, 4) is 0 Å². The van der Waals surface area contributed by atoms with Crippen LogP contribution in [0.5, 0.6) is 0 Å². The molecule has 0 radical (unpaired) electrons. The average molecular weight is 228 g/mol. The topological polar surface area (TPSA) is 18.5 Å². The van der Waals surface area contributed by atoms with Crippen molar-refractivity contribution < 1.29 is 9.47 Å². The lowest BCUT2D eigenvalue weighted by Gasteiger charge is -2.27. The molecule has 2 nitrogen and oxygen atoms in total. The van der Waals surface area contributed by atoms with Crippen molar-refractivity contribution in [3.05, 3.63) is 0 Å². The molecule has 1 aliphatic carbocycles. The van der Waals surface area contributed by atoms with Gasteiger partial charge in [-0.1, -0.05) is 27.7 Å². The lowest BCUT2D eigenvalue weighted by molar-refractivity contribution is -0.174. The largest absolute Gasteiger partial charge is 0.353 e. The predicted octanol–water partition coefficient (Wildman–Crippen LogP) is 3.70. The third kappa shape index (κ3) is 2.78. The van der Waals surface area contributed by atoms with E-state index in [1.54, 1.807) is 0 Å². The Morgan fingerprint density at radius 1 is 1.12 bits per heavy atom. The van der Waals surface area contributed by atoms with Gasteiger partial charge in [-0.25, -0.2) is 0 Å². The first kappa shape index (κ1) is 14.0. The van der Waals surface area contributed by atoms with E-state index in [1.807, 2.05) is 13.8 Å². The van der Waals surface area contributed by atoms with Gasteiger partial charge < -0.3 is 9.47 Å². The Morgan fingerprint density at radius 2 is 1.62 bits per heavy atom. The molecule has 0 aliphatic heterocycles. The molecule has 2 heteroatoms. The summed E-state index contributed by atoms with van der Waals surface area (Å²) in [6, 6.07) is 0. The average Bonchev–Trinajstić information content (AvgIpc) is 2.42. The van der Waals surface area contributed by atoms with Crippen LogP contribution in [0.1, 0.15) is 48.0 Å². The van der Waals surface area contributed by atoms with E-state index >= 15 is 0 Å². The molecule has 1 saturated carbocycles. The first-order valence-corrected chi connectivity index (χ1v) is 6.67. The second-order valence-corrected chi connectivity index (χ2v) is 5.78. The van der Waals surface area contributed by atoms with E-state index in [9.17, 15) is 0 Å². The molecule has 0 heterocycles. The standard InChI is InChI=1S/C14H28O2/c1-7-15-13(16-8-2)12-9-14(5,6)11(4)10(12)3/h10-13H,7-9H2,1-6H3. The van der Waals surface area contributed by atoms with Gasteiger partial charge in [0, 0.05) is 19.1 Å². The van der Waals surface area contributed by atoms with E-state index in [1.165, 1.54) is 6.42 Å². The Labute approximate surface area is 101 Å². The van der Waals surface area contributed by atoms with Crippen molar-refractivity contribution in [2.24, 2.45) is 23.2 Å². The van der Waals surface area contributed by atoms with E-state index in [0.717, 1.165) is 19.1 Å². The van der Waals surface area contributed by atoms with Gasteiger partial charge in [0.2, 0.25) is 0 Å². The lowest BCUT2D eigenvalue weighted by Crippen LogP contribution is -2.30. The van der Waals surface area contributed by atoms with Crippen LogP contribution in [0.4, 0.5) is 0 Å². The van der Waals surface area contributed by atoms with Crippen molar-refractivity contribution in [3.63, 3.8) is 0 Å². The van der Waals surface area contributed by atoms with E-state index in [4.69, 9.17) is 9.47 Å². The minimum Gasteiger partial charge on any atom is -0.353 e. The highest BCUT2D eigenvalue weighted by Gasteiger charge is 2.46. The summed E-state index contributed by atoms with van der Waals surface area (Å²) in [6.45, 7) is 15.0. The quantitative estimate of drug-likeness (QED) is 0.668. The van der Waals surface area contributed by atoms with Crippen LogP contribution >= 0.6 is 0 Å². The second kappa shape index (κ2) is 5.50. The maximum atomic E-state index is 5.76. The molecule has 0 spiro atoms. The summed E-state index contributed by atoms with van der Waals surface area (Å²) < 4.78 is 11.5. The van der Waals surface area contributed by atoms with Gasteiger partial charge in [-0.05, 0) is 37.5 Å². The first-order chi connectivity index (χ1) is 7.44. The summed E-state index contributed by atoms with van der Waals surface area (Å²) in [5, 5.41) is 0. The molecule has 1 fully saturated rings. The van der Waals surface area contributed by atoms with Gasteiger partial charge in [0.05, 0.1) is 0 Å². The van der Waals surface area contributed by atoms with Crippen molar-refractivity contribution in [2.75, 3.05) is 13.2 Å². The zero-order valence-corrected chi connectivity index (χ0v) is 11.7. The monoisotopic (exact) mass is 228 g/mol. The van der Waals surface area contributed by atoms with Crippen LogP contribution in [0, 0.1) is 23.2 Å². The fourth-order valence-corrected chi connectivity index (χ4v) is 3.03. The van der Waals surface area contributed by atoms with E-state index in [-0.39, 0.29) is 6.29 Å². The molecule has 16 heavy (non-hydrogen) atoms. The zero-order valence-electron chi connectivity index (χ0n) is 11.7. The van der Waals surface area contributed by atoms with Gasteiger partial charge in [-0.3, -0.25) is 0 Å². The normalized spacial score (nSPS) is 33.6. The molecule has 1 rings (SSSR count). The zero-order chi connectivity index (χ0) is 12.3. The molecule has 0 bridgehead atoms. The number of ether oxygens (including phenoxy) is 2. The molecule has 3 atom stereocenters. The van der Waals surface area contributed by atoms with Gasteiger partial charge in [0.25, 0.3) is 0 Å². The smallest absolute Gasteiger partial charge is 0.160 e. The van der Waals surface area contributed by atoms with Gasteiger partial charge in [0.15, 0.2) is 6.29 Å². The van der Waals surface area contributed by atoms with Gasteiger partial charge in [-0.15, -0.1) is 0 Å². The van der Waals surface area contributed by atoms with Gasteiger partial charge >= 0.3 is 0 Å². The Bertz CT molecular complexity index is 207. The van der Waals surface area contributed by atoms with Crippen molar-refractivity contribution in [1.82, 2.24) is 0 Å². The minimum absolute atomic E-state index is 0.00535. The van der Waals surface area contributed by atoms with Crippen LogP contribution in [0.3, 0.4) is 0 Å². The first-order valence-electron chi connectivity index (χ1n) is 6.67. The molecular formula is C14H28O2. The Morgan fingerprint density at radius 3 is 1.94 bits per heavy atom. The SMILES string of the molecule is CCOC(OCC)C1CC(C)(C)C(C)C1C. The molecule has 1 aliphatic rings. The molecule has 0 N–H and O–H groups in total. The third-order valence-electron chi connectivity index (χ3n) is 4.47. The second-order valence-electron chi connectivity index (χ2n) is 5.78. The van der Waals surface area contributed by atoms with Crippen molar-refractivity contribution >= 4 is 0 Å². The Hall–Kier alpha value is -0.0800. The molecule has 0 aromatic rings. The van der Waals surface area contributed by atoms with Crippen LogP contribution in [-0.2, 0) is 9.47 Å². The highest BCUT2D eigenvalue weighted by molar-refractivity contribution is 4.93. The van der Waals surface area contributed by atoms with Gasteiger partial charge in [0.1, 0.15) is 0 Å². The van der Waals surface area contributed by atoms with E-state index in [0.29, 0.717) is 17.3 Å². The van der Waals surface area contributed by atoms with Gasteiger partial charge in [-0.2, -0.15) is 0 Å². The summed E-state index contributed by atoms with van der Waals surface area (Å²) in [6.07, 6.45) is 1.20. The highest BCUT2D eigenvalue weighted by Crippen LogP contribution is 2.51. The summed E-state index contributed by atoms with van der Waals surface area (Å²) in [5.74, 6) is 1.96. The molecule has 0 aromatic heterocycles. The molecule has 96 valence electrons. The fourth-order valence-electron chi connectivity index (χ4n) is 3.03. The molecule has 0 saturated heterocycles. The summed E-state index contributed by atoms with van der Waals surface area (Å²) in [5.41, 5.74) is 0.413. The van der Waals surface area contributed by atoms with E-state index in [2.05, 4.69) is 27.7 Å². The minimum atomic E-state index is -0.00535. The molecule has 0 aromatic carbocycles. The summed E-state index contributed by atoms with van der Waals surface area (Å²) in [7, 11) is 0. The Balaban J connectivity index is 2.71. The van der Waals surface area contributed by atoms with E-state index < -0.39 is 0 Å². The summed E-state index contributed by atoms with van der Waals surface area (Å²) >= 11 is 0. The van der Waals surface area contributed by atoms with Crippen LogP contribution in [0.25, 0.3) is 0 Å². The van der Waals surface area contributed by atoms with Crippen LogP contribution in [-0.4, -0.2) is 19.5 Å². The van der Waals surface area contributed by atoms with Crippen LogP contribution < -0.4 is 0 Å². The van der Waals surface area contributed by atoms with Crippen molar-refractivity contribution in [2.45, 2.75) is 54.3 Å². The maximum absolute atomic E-state index is 5.76. The number of rotatable bonds is 5. The van der Waals surface area contributed by atoms with Crippen molar-refractivity contribution in [1.29, 1.82) is 0 Å². The number of hydrogen-bond donors (Lipinski definition) is 0. The maximum Gasteiger partial charge on any atom is 0.160 e. The van der Waals surface area contributed by atoms with Crippen LogP contribution in [0.2, 0.25) is 0 Å². The highest BCUT2D eigenvalue weighted by atomic mass is 16.7. The molecule has 0 amide bonds. The molecule has 3 unspecified atom stereocenters. The molecular weight excluding hydrogens is 200 g/mol. The predicted molar refractivity (Wildman–Crippen MR) is 67.3 cm³/mol. The van der Waals surface area contributed by atoms with Crippen LogP contribution in [0.15, 0.2) is 0 Å². The third-order valence-corrected chi connectivity index (χ3v) is 4.47.